The van der Waals surface area contributed by atoms with Crippen molar-refractivity contribution in [2.75, 3.05) is 56.2 Å². The molecular formula is C25H33N5O2. The minimum atomic E-state index is 0.342. The molecule has 170 valence electrons. The van der Waals surface area contributed by atoms with Gasteiger partial charge in [0.2, 0.25) is 0 Å². The van der Waals surface area contributed by atoms with E-state index in [9.17, 15) is 0 Å². The molecule has 4 aliphatic rings. The molecular weight excluding hydrogens is 402 g/mol. The van der Waals surface area contributed by atoms with Crippen LogP contribution in [0.25, 0.3) is 0 Å². The van der Waals surface area contributed by atoms with Crippen molar-refractivity contribution in [2.24, 2.45) is 0 Å². The van der Waals surface area contributed by atoms with Gasteiger partial charge >= 0.3 is 0 Å². The molecule has 5 heterocycles. The van der Waals surface area contributed by atoms with Gasteiger partial charge in [0, 0.05) is 43.6 Å². The van der Waals surface area contributed by atoms with E-state index in [4.69, 9.17) is 9.47 Å². The standard InChI is InChI=1S/C25H33N5O2/c1-17-15-31-11-10-30(17)23-4-7-27-25-21(23)16-32-24-3-2-19(12-22(24)28-25)18-5-8-29(9-6-18)20-13-26-14-20/h2-4,7,12,17-18,20,26H,5-6,8-11,13-16H2,1H3,(H,27,28)/t17-/m0/s1. The Morgan fingerprint density at radius 3 is 2.75 bits per heavy atom. The molecule has 3 saturated heterocycles. The van der Waals surface area contributed by atoms with Gasteiger partial charge in [-0.3, -0.25) is 4.90 Å². The van der Waals surface area contributed by atoms with Gasteiger partial charge in [-0.25, -0.2) is 4.98 Å². The molecule has 7 heteroatoms. The van der Waals surface area contributed by atoms with Crippen LogP contribution in [0.5, 0.6) is 5.75 Å². The Kier molecular flexibility index (Phi) is 5.41. The Morgan fingerprint density at radius 2 is 1.97 bits per heavy atom. The van der Waals surface area contributed by atoms with Crippen LogP contribution in [0.15, 0.2) is 30.5 Å². The number of rotatable bonds is 3. The molecule has 7 nitrogen and oxygen atoms in total. The first-order valence-electron chi connectivity index (χ1n) is 12.1. The quantitative estimate of drug-likeness (QED) is 0.768. The molecule has 0 saturated carbocycles. The van der Waals surface area contributed by atoms with E-state index < -0.39 is 0 Å². The minimum absolute atomic E-state index is 0.342. The van der Waals surface area contributed by atoms with Gasteiger partial charge < -0.3 is 25.0 Å². The summed E-state index contributed by atoms with van der Waals surface area (Å²) in [5.74, 6) is 2.43. The maximum absolute atomic E-state index is 6.28. The lowest BCUT2D eigenvalue weighted by molar-refractivity contribution is 0.0987. The second kappa shape index (κ2) is 8.54. The predicted octanol–water partition coefficient (Wildman–Crippen LogP) is 3.09. The van der Waals surface area contributed by atoms with Crippen molar-refractivity contribution >= 4 is 17.2 Å². The second-order valence-corrected chi connectivity index (χ2v) is 9.57. The fraction of sp³-hybridized carbons (Fsp3) is 0.560. The van der Waals surface area contributed by atoms with Crippen molar-refractivity contribution in [3.05, 3.63) is 41.6 Å². The number of benzene rings is 1. The molecule has 0 amide bonds. The van der Waals surface area contributed by atoms with Crippen LogP contribution in [0.3, 0.4) is 0 Å². The second-order valence-electron chi connectivity index (χ2n) is 9.57. The molecule has 1 aromatic heterocycles. The fourth-order valence-corrected chi connectivity index (χ4v) is 5.52. The summed E-state index contributed by atoms with van der Waals surface area (Å²) in [6.45, 7) is 9.85. The number of pyridine rings is 1. The van der Waals surface area contributed by atoms with Crippen molar-refractivity contribution in [1.82, 2.24) is 15.2 Å². The van der Waals surface area contributed by atoms with Crippen LogP contribution in [0, 0.1) is 0 Å². The van der Waals surface area contributed by atoms with Crippen molar-refractivity contribution in [3.63, 3.8) is 0 Å². The first kappa shape index (κ1) is 20.3. The third-order valence-electron chi connectivity index (χ3n) is 7.61. The summed E-state index contributed by atoms with van der Waals surface area (Å²) in [6.07, 6.45) is 4.36. The monoisotopic (exact) mass is 435 g/mol. The van der Waals surface area contributed by atoms with E-state index in [1.54, 1.807) is 0 Å². The lowest BCUT2D eigenvalue weighted by Crippen LogP contribution is -2.58. The van der Waals surface area contributed by atoms with Crippen LogP contribution < -0.4 is 20.3 Å². The maximum Gasteiger partial charge on any atom is 0.143 e. The molecule has 1 atom stereocenters. The maximum atomic E-state index is 6.28. The van der Waals surface area contributed by atoms with Crippen molar-refractivity contribution in [3.8, 4) is 5.75 Å². The number of ether oxygens (including phenoxy) is 2. The number of piperidine rings is 1. The average Bonchev–Trinajstić information content (AvgIpc) is 2.97. The first-order valence-corrected chi connectivity index (χ1v) is 12.1. The number of hydrogen-bond acceptors (Lipinski definition) is 7. The van der Waals surface area contributed by atoms with Gasteiger partial charge in [0.1, 0.15) is 18.2 Å². The van der Waals surface area contributed by atoms with Crippen molar-refractivity contribution in [1.29, 1.82) is 0 Å². The lowest BCUT2D eigenvalue weighted by atomic mass is 9.88. The third-order valence-corrected chi connectivity index (χ3v) is 7.61. The van der Waals surface area contributed by atoms with Gasteiger partial charge in [0.25, 0.3) is 0 Å². The predicted molar refractivity (Wildman–Crippen MR) is 126 cm³/mol. The molecule has 0 spiro atoms. The molecule has 0 aliphatic carbocycles. The number of nitrogens with zero attached hydrogens (tertiary/aromatic N) is 3. The summed E-state index contributed by atoms with van der Waals surface area (Å²) in [5, 5.41) is 7.01. The Hall–Kier alpha value is -2.35. The summed E-state index contributed by atoms with van der Waals surface area (Å²) >= 11 is 0. The molecule has 1 aromatic carbocycles. The molecule has 2 aromatic rings. The zero-order valence-corrected chi connectivity index (χ0v) is 18.8. The number of aromatic nitrogens is 1. The van der Waals surface area contributed by atoms with Gasteiger partial charge in [0.15, 0.2) is 0 Å². The minimum Gasteiger partial charge on any atom is -0.487 e. The highest BCUT2D eigenvalue weighted by atomic mass is 16.5. The van der Waals surface area contributed by atoms with E-state index >= 15 is 0 Å². The molecule has 0 radical (unpaired) electrons. The highest BCUT2D eigenvalue weighted by Gasteiger charge is 2.30. The topological polar surface area (TPSA) is 61.9 Å². The summed E-state index contributed by atoms with van der Waals surface area (Å²) in [7, 11) is 0. The lowest BCUT2D eigenvalue weighted by Gasteiger charge is -2.42. The van der Waals surface area contributed by atoms with E-state index in [1.165, 1.54) is 37.2 Å². The van der Waals surface area contributed by atoms with Gasteiger partial charge in [-0.15, -0.1) is 0 Å². The summed E-state index contributed by atoms with van der Waals surface area (Å²) in [4.78, 5) is 9.76. The normalized spacial score (nSPS) is 24.5. The molecule has 2 N–H and O–H groups in total. The molecule has 6 rings (SSSR count). The van der Waals surface area contributed by atoms with Crippen LogP contribution in [0.1, 0.15) is 36.8 Å². The largest absolute Gasteiger partial charge is 0.487 e. The highest BCUT2D eigenvalue weighted by molar-refractivity contribution is 5.73. The number of morpholine rings is 1. The summed E-state index contributed by atoms with van der Waals surface area (Å²) < 4.78 is 11.9. The van der Waals surface area contributed by atoms with Crippen molar-refractivity contribution in [2.45, 2.75) is 44.4 Å². The summed E-state index contributed by atoms with van der Waals surface area (Å²) in [6, 6.07) is 9.90. The molecule has 32 heavy (non-hydrogen) atoms. The molecule has 3 fully saturated rings. The number of anilines is 3. The third kappa shape index (κ3) is 3.72. The summed E-state index contributed by atoms with van der Waals surface area (Å²) in [5.41, 5.74) is 4.77. The van der Waals surface area contributed by atoms with Gasteiger partial charge in [-0.1, -0.05) is 6.07 Å². The molecule has 4 aliphatic heterocycles. The van der Waals surface area contributed by atoms with E-state index in [2.05, 4.69) is 56.6 Å². The van der Waals surface area contributed by atoms with Crippen LogP contribution in [0.2, 0.25) is 0 Å². The molecule has 0 bridgehead atoms. The Labute approximate surface area is 190 Å². The molecule has 0 unspecified atom stereocenters. The van der Waals surface area contributed by atoms with E-state index in [-0.39, 0.29) is 0 Å². The number of likely N-dealkylation sites (tertiary alicyclic amines) is 1. The van der Waals surface area contributed by atoms with E-state index in [1.807, 2.05) is 6.20 Å². The van der Waals surface area contributed by atoms with Gasteiger partial charge in [-0.2, -0.15) is 0 Å². The van der Waals surface area contributed by atoms with Crippen molar-refractivity contribution < 1.29 is 9.47 Å². The average molecular weight is 436 g/mol. The van der Waals surface area contributed by atoms with E-state index in [0.29, 0.717) is 18.6 Å². The smallest absolute Gasteiger partial charge is 0.143 e. The van der Waals surface area contributed by atoms with Crippen LogP contribution >= 0.6 is 0 Å². The van der Waals surface area contributed by atoms with Gasteiger partial charge in [-0.05, 0) is 62.5 Å². The zero-order chi connectivity index (χ0) is 21.5. The Morgan fingerprint density at radius 1 is 1.09 bits per heavy atom. The van der Waals surface area contributed by atoms with E-state index in [0.717, 1.165) is 61.7 Å². The Bertz CT molecular complexity index is 971. The zero-order valence-electron chi connectivity index (χ0n) is 18.8. The SMILES string of the molecule is C[C@H]1COCCN1c1ccnc2c1COc1ccc(C3CCN(C4CNC4)CC3)cc1N2. The van der Waals surface area contributed by atoms with Crippen LogP contribution in [-0.4, -0.2) is 67.9 Å². The van der Waals surface area contributed by atoms with Crippen LogP contribution in [-0.2, 0) is 11.3 Å². The Balaban J connectivity index is 1.22. The number of fused-ring (bicyclic) bond motifs is 2. The number of hydrogen-bond donors (Lipinski definition) is 2. The van der Waals surface area contributed by atoms with Crippen LogP contribution in [0.4, 0.5) is 17.2 Å². The number of nitrogens with one attached hydrogen (secondary N) is 2. The first-order chi connectivity index (χ1) is 15.8. The highest BCUT2D eigenvalue weighted by Crippen LogP contribution is 2.40. The fourth-order valence-electron chi connectivity index (χ4n) is 5.52. The van der Waals surface area contributed by atoms with Gasteiger partial charge in [0.05, 0.1) is 24.5 Å².